The second-order valence-electron chi connectivity index (χ2n) is 3.25. The van der Waals surface area contributed by atoms with Gasteiger partial charge in [-0.1, -0.05) is 6.07 Å². The number of carbonyl (C=O) groups excluding carboxylic acids is 1. The van der Waals surface area contributed by atoms with Crippen molar-refractivity contribution >= 4 is 5.97 Å². The van der Waals surface area contributed by atoms with Gasteiger partial charge in [-0.15, -0.1) is 0 Å². The summed E-state index contributed by atoms with van der Waals surface area (Å²) in [6.45, 7) is 1.86. The lowest BCUT2D eigenvalue weighted by atomic mass is 10.0. The largest absolute Gasteiger partial charge is 0.466 e. The van der Waals surface area contributed by atoms with E-state index in [4.69, 9.17) is 5.73 Å². The quantitative estimate of drug-likeness (QED) is 0.802. The molecule has 0 fully saturated rings. The second kappa shape index (κ2) is 5.55. The highest BCUT2D eigenvalue weighted by Gasteiger charge is 2.19. The molecule has 1 aromatic rings. The van der Waals surface area contributed by atoms with Crippen molar-refractivity contribution in [2.75, 3.05) is 6.61 Å². The number of hydrogen-bond donors (Lipinski definition) is 1. The van der Waals surface area contributed by atoms with E-state index in [1.165, 1.54) is 6.07 Å². The third kappa shape index (κ3) is 3.00. The molecule has 0 aliphatic heterocycles. The van der Waals surface area contributed by atoms with Gasteiger partial charge in [-0.25, -0.2) is 8.78 Å². The van der Waals surface area contributed by atoms with Crippen molar-refractivity contribution in [1.82, 2.24) is 0 Å². The molecule has 0 aliphatic carbocycles. The summed E-state index contributed by atoms with van der Waals surface area (Å²) in [6.07, 6.45) is -0.244. The summed E-state index contributed by atoms with van der Waals surface area (Å²) < 4.78 is 31.2. The van der Waals surface area contributed by atoms with Crippen LogP contribution in [0.3, 0.4) is 0 Å². The van der Waals surface area contributed by atoms with E-state index in [0.717, 1.165) is 12.1 Å². The number of halogens is 2. The fourth-order valence-corrected chi connectivity index (χ4v) is 1.37. The molecule has 0 aromatic heterocycles. The van der Waals surface area contributed by atoms with Crippen LogP contribution in [-0.4, -0.2) is 12.6 Å². The number of benzene rings is 1. The van der Waals surface area contributed by atoms with Crippen LogP contribution < -0.4 is 5.73 Å². The lowest BCUT2D eigenvalue weighted by Crippen LogP contribution is -2.19. The van der Waals surface area contributed by atoms with Crippen molar-refractivity contribution in [3.8, 4) is 0 Å². The maximum Gasteiger partial charge on any atom is 0.307 e. The molecular formula is C11H13F2NO2. The average Bonchev–Trinajstić information content (AvgIpc) is 2.17. The highest BCUT2D eigenvalue weighted by molar-refractivity contribution is 5.70. The van der Waals surface area contributed by atoms with Gasteiger partial charge in [-0.05, 0) is 19.1 Å². The van der Waals surface area contributed by atoms with Gasteiger partial charge in [-0.3, -0.25) is 4.79 Å². The fraction of sp³-hybridized carbons (Fsp3) is 0.364. The van der Waals surface area contributed by atoms with E-state index >= 15 is 0 Å². The Bertz CT molecular complexity index is 362. The van der Waals surface area contributed by atoms with Crippen molar-refractivity contribution in [3.05, 3.63) is 35.4 Å². The van der Waals surface area contributed by atoms with Crippen LogP contribution in [0.4, 0.5) is 8.78 Å². The van der Waals surface area contributed by atoms with E-state index in [1.54, 1.807) is 6.92 Å². The summed E-state index contributed by atoms with van der Waals surface area (Å²) in [7, 11) is 0. The van der Waals surface area contributed by atoms with Crippen LogP contribution in [0.2, 0.25) is 0 Å². The molecule has 0 radical (unpaired) electrons. The van der Waals surface area contributed by atoms with Crippen LogP contribution >= 0.6 is 0 Å². The zero-order chi connectivity index (χ0) is 12.1. The number of esters is 1. The summed E-state index contributed by atoms with van der Waals surface area (Å²) in [5.41, 5.74) is 5.27. The summed E-state index contributed by atoms with van der Waals surface area (Å²) in [5.74, 6) is -2.08. The topological polar surface area (TPSA) is 52.3 Å². The molecule has 16 heavy (non-hydrogen) atoms. The maximum atomic E-state index is 13.3. The molecule has 3 nitrogen and oxygen atoms in total. The zero-order valence-electron chi connectivity index (χ0n) is 8.87. The number of rotatable bonds is 4. The molecule has 0 bridgehead atoms. The summed E-state index contributed by atoms with van der Waals surface area (Å²) in [4.78, 5) is 11.1. The third-order valence-corrected chi connectivity index (χ3v) is 2.06. The van der Waals surface area contributed by atoms with Crippen molar-refractivity contribution in [1.29, 1.82) is 0 Å². The first kappa shape index (κ1) is 12.6. The molecule has 0 amide bonds. The molecule has 1 rings (SSSR count). The Balaban J connectivity index is 2.80. The molecule has 0 aliphatic rings. The first-order chi connectivity index (χ1) is 7.56. The predicted molar refractivity (Wildman–Crippen MR) is 54.5 cm³/mol. The molecule has 5 heteroatoms. The summed E-state index contributed by atoms with van der Waals surface area (Å²) in [6, 6.07) is 2.42. The van der Waals surface area contributed by atoms with Gasteiger partial charge in [0, 0.05) is 11.6 Å². The molecule has 2 N–H and O–H groups in total. The standard InChI is InChI=1S/C11H13F2NO2/c1-2-16-10(15)6-9(14)11-7(12)4-3-5-8(11)13/h3-5,9H,2,6,14H2,1H3/t9-/m0/s1. The molecule has 0 saturated heterocycles. The molecular weight excluding hydrogens is 216 g/mol. The second-order valence-corrected chi connectivity index (χ2v) is 3.25. The smallest absolute Gasteiger partial charge is 0.307 e. The minimum Gasteiger partial charge on any atom is -0.466 e. The van der Waals surface area contributed by atoms with Crippen LogP contribution in [0.15, 0.2) is 18.2 Å². The highest BCUT2D eigenvalue weighted by atomic mass is 19.1. The van der Waals surface area contributed by atoms with Crippen LogP contribution in [0.1, 0.15) is 24.9 Å². The number of hydrogen-bond acceptors (Lipinski definition) is 3. The first-order valence-corrected chi connectivity index (χ1v) is 4.91. The Morgan fingerprint density at radius 1 is 1.44 bits per heavy atom. The van der Waals surface area contributed by atoms with E-state index in [1.807, 2.05) is 0 Å². The van der Waals surface area contributed by atoms with Gasteiger partial charge >= 0.3 is 5.97 Å². The monoisotopic (exact) mass is 229 g/mol. The lowest BCUT2D eigenvalue weighted by molar-refractivity contribution is -0.143. The lowest BCUT2D eigenvalue weighted by Gasteiger charge is -2.12. The van der Waals surface area contributed by atoms with Crippen LogP contribution in [-0.2, 0) is 9.53 Å². The molecule has 1 atom stereocenters. The number of ether oxygens (including phenoxy) is 1. The van der Waals surface area contributed by atoms with E-state index in [0.29, 0.717) is 0 Å². The SMILES string of the molecule is CCOC(=O)C[C@H](N)c1c(F)cccc1F. The highest BCUT2D eigenvalue weighted by Crippen LogP contribution is 2.21. The Labute approximate surface area is 92.2 Å². The van der Waals surface area contributed by atoms with Crippen molar-refractivity contribution in [3.63, 3.8) is 0 Å². The van der Waals surface area contributed by atoms with E-state index in [2.05, 4.69) is 4.74 Å². The molecule has 0 spiro atoms. The van der Waals surface area contributed by atoms with Gasteiger partial charge in [0.2, 0.25) is 0 Å². The zero-order valence-corrected chi connectivity index (χ0v) is 8.87. The van der Waals surface area contributed by atoms with Crippen LogP contribution in [0.25, 0.3) is 0 Å². The van der Waals surface area contributed by atoms with Crippen molar-refractivity contribution in [2.45, 2.75) is 19.4 Å². The third-order valence-electron chi connectivity index (χ3n) is 2.06. The van der Waals surface area contributed by atoms with Gasteiger partial charge in [0.1, 0.15) is 11.6 Å². The fourth-order valence-electron chi connectivity index (χ4n) is 1.37. The molecule has 0 saturated carbocycles. The van der Waals surface area contributed by atoms with Gasteiger partial charge in [0.25, 0.3) is 0 Å². The minimum absolute atomic E-state index is 0.214. The van der Waals surface area contributed by atoms with Crippen LogP contribution in [0, 0.1) is 11.6 Å². The molecule has 88 valence electrons. The molecule has 0 heterocycles. The van der Waals surface area contributed by atoms with Crippen LogP contribution in [0.5, 0.6) is 0 Å². The van der Waals surface area contributed by atoms with Gasteiger partial charge < -0.3 is 10.5 Å². The summed E-state index contributed by atoms with van der Waals surface area (Å²) >= 11 is 0. The average molecular weight is 229 g/mol. The Kier molecular flexibility index (Phi) is 4.37. The van der Waals surface area contributed by atoms with E-state index < -0.39 is 23.6 Å². The number of carbonyl (C=O) groups is 1. The van der Waals surface area contributed by atoms with E-state index in [9.17, 15) is 13.6 Å². The van der Waals surface area contributed by atoms with Gasteiger partial charge in [0.05, 0.1) is 13.0 Å². The van der Waals surface area contributed by atoms with Gasteiger partial charge in [0.15, 0.2) is 0 Å². The number of nitrogens with two attached hydrogens (primary N) is 1. The first-order valence-electron chi connectivity index (χ1n) is 4.91. The summed E-state index contributed by atoms with van der Waals surface area (Å²) in [5, 5.41) is 0. The van der Waals surface area contributed by atoms with Gasteiger partial charge in [-0.2, -0.15) is 0 Å². The Hall–Kier alpha value is -1.49. The Morgan fingerprint density at radius 3 is 2.50 bits per heavy atom. The molecule has 1 aromatic carbocycles. The van der Waals surface area contributed by atoms with E-state index in [-0.39, 0.29) is 18.6 Å². The Morgan fingerprint density at radius 2 is 2.00 bits per heavy atom. The minimum atomic E-state index is -1.03. The van der Waals surface area contributed by atoms with Crippen molar-refractivity contribution < 1.29 is 18.3 Å². The normalized spacial score (nSPS) is 12.2. The maximum absolute atomic E-state index is 13.3. The molecule has 0 unspecified atom stereocenters. The van der Waals surface area contributed by atoms with Crippen molar-refractivity contribution in [2.24, 2.45) is 5.73 Å². The predicted octanol–water partition coefficient (Wildman–Crippen LogP) is 1.92.